The number of benzene rings is 1. The number of alkyl halides is 6. The number of nitrogens with one attached hydrogen (secondary N) is 1. The van der Waals surface area contributed by atoms with E-state index in [1.807, 2.05) is 0 Å². The second-order valence-electron chi connectivity index (χ2n) is 6.54. The van der Waals surface area contributed by atoms with Crippen LogP contribution in [0.25, 0.3) is 0 Å². The Hall–Kier alpha value is -2.26. The van der Waals surface area contributed by atoms with Crippen molar-refractivity contribution in [2.24, 2.45) is 5.41 Å². The quantitative estimate of drug-likeness (QED) is 0.633. The van der Waals surface area contributed by atoms with Crippen molar-refractivity contribution in [1.29, 1.82) is 0 Å². The van der Waals surface area contributed by atoms with Crippen molar-refractivity contribution < 1.29 is 40.7 Å². The molecule has 0 saturated heterocycles. The second kappa shape index (κ2) is 7.55. The number of hydrogen-bond donors (Lipinski definition) is 1. The van der Waals surface area contributed by atoms with Gasteiger partial charge in [-0.3, -0.25) is 4.79 Å². The van der Waals surface area contributed by atoms with E-state index < -0.39 is 41.8 Å². The second-order valence-corrected chi connectivity index (χ2v) is 6.54. The fourth-order valence-electron chi connectivity index (χ4n) is 1.94. The SMILES string of the molecule is CC(C)(C)C(NC(=O)c1ccccc1)C(=O)OC(C(F)(F)F)C(F)(F)F. The van der Waals surface area contributed by atoms with E-state index in [4.69, 9.17) is 0 Å². The van der Waals surface area contributed by atoms with Crippen molar-refractivity contribution in [1.82, 2.24) is 5.32 Å². The lowest BCUT2D eigenvalue weighted by atomic mass is 9.86. The van der Waals surface area contributed by atoms with Crippen molar-refractivity contribution in [3.63, 3.8) is 0 Å². The summed E-state index contributed by atoms with van der Waals surface area (Å²) in [6, 6.07) is 5.61. The predicted octanol–water partition coefficient (Wildman–Crippen LogP) is 3.87. The molecule has 0 aliphatic rings. The monoisotopic (exact) mass is 385 g/mol. The molecule has 0 aliphatic carbocycles. The Morgan fingerprint density at radius 3 is 1.77 bits per heavy atom. The summed E-state index contributed by atoms with van der Waals surface area (Å²) in [5, 5.41) is 2.13. The van der Waals surface area contributed by atoms with Crippen molar-refractivity contribution in [3.8, 4) is 0 Å². The van der Waals surface area contributed by atoms with Crippen LogP contribution in [0.4, 0.5) is 26.3 Å². The van der Waals surface area contributed by atoms with Crippen LogP contribution < -0.4 is 5.32 Å². The van der Waals surface area contributed by atoms with Crippen LogP contribution in [-0.2, 0) is 9.53 Å². The molecule has 10 heteroatoms. The van der Waals surface area contributed by atoms with Gasteiger partial charge in [0.25, 0.3) is 12.0 Å². The van der Waals surface area contributed by atoms with Gasteiger partial charge in [-0.25, -0.2) is 4.79 Å². The highest BCUT2D eigenvalue weighted by atomic mass is 19.4. The topological polar surface area (TPSA) is 55.4 Å². The molecule has 146 valence electrons. The first-order chi connectivity index (χ1) is 11.6. The Morgan fingerprint density at radius 2 is 1.38 bits per heavy atom. The number of esters is 1. The van der Waals surface area contributed by atoms with E-state index in [9.17, 15) is 35.9 Å². The first-order valence-corrected chi connectivity index (χ1v) is 7.34. The van der Waals surface area contributed by atoms with Gasteiger partial charge < -0.3 is 10.1 Å². The number of halogens is 6. The van der Waals surface area contributed by atoms with Gasteiger partial charge in [-0.15, -0.1) is 0 Å². The Labute approximate surface area is 145 Å². The van der Waals surface area contributed by atoms with E-state index in [0.29, 0.717) is 0 Å². The highest BCUT2D eigenvalue weighted by molar-refractivity contribution is 5.96. The molecule has 0 saturated carbocycles. The van der Waals surface area contributed by atoms with Crippen LogP contribution in [0.3, 0.4) is 0 Å². The molecule has 0 bridgehead atoms. The maximum atomic E-state index is 12.6. The molecule has 0 aromatic heterocycles. The molecule has 1 amide bonds. The Balaban J connectivity index is 3.06. The molecular weight excluding hydrogens is 368 g/mol. The zero-order valence-electron chi connectivity index (χ0n) is 14.0. The van der Waals surface area contributed by atoms with Gasteiger partial charge in [0.1, 0.15) is 6.04 Å². The highest BCUT2D eigenvalue weighted by Gasteiger charge is 2.60. The van der Waals surface area contributed by atoms with Crippen molar-refractivity contribution in [2.45, 2.75) is 45.3 Å². The average molecular weight is 385 g/mol. The summed E-state index contributed by atoms with van der Waals surface area (Å²) in [6.07, 6.45) is -15.9. The summed E-state index contributed by atoms with van der Waals surface area (Å²) >= 11 is 0. The zero-order valence-corrected chi connectivity index (χ0v) is 14.0. The minimum absolute atomic E-state index is 0.0812. The van der Waals surface area contributed by atoms with E-state index in [2.05, 4.69) is 10.1 Å². The molecule has 1 unspecified atom stereocenters. The molecule has 1 N–H and O–H groups in total. The van der Waals surface area contributed by atoms with Gasteiger partial charge in [-0.2, -0.15) is 26.3 Å². The van der Waals surface area contributed by atoms with Crippen LogP contribution in [0.5, 0.6) is 0 Å². The first kappa shape index (κ1) is 21.8. The third kappa shape index (κ3) is 5.92. The van der Waals surface area contributed by atoms with Gasteiger partial charge in [0.05, 0.1) is 0 Å². The molecule has 1 aromatic rings. The summed E-state index contributed by atoms with van der Waals surface area (Å²) in [7, 11) is 0. The molecule has 26 heavy (non-hydrogen) atoms. The van der Waals surface area contributed by atoms with Gasteiger partial charge in [-0.1, -0.05) is 39.0 Å². The van der Waals surface area contributed by atoms with Crippen LogP contribution >= 0.6 is 0 Å². The third-order valence-electron chi connectivity index (χ3n) is 3.24. The lowest BCUT2D eigenvalue weighted by Crippen LogP contribution is -2.54. The van der Waals surface area contributed by atoms with E-state index in [1.54, 1.807) is 6.07 Å². The van der Waals surface area contributed by atoms with Gasteiger partial charge in [0.15, 0.2) is 0 Å². The fourth-order valence-corrected chi connectivity index (χ4v) is 1.94. The Bertz CT molecular complexity index is 620. The van der Waals surface area contributed by atoms with Crippen LogP contribution in [0.2, 0.25) is 0 Å². The highest BCUT2D eigenvalue weighted by Crippen LogP contribution is 2.36. The lowest BCUT2D eigenvalue weighted by Gasteiger charge is -2.32. The van der Waals surface area contributed by atoms with Crippen LogP contribution in [0.15, 0.2) is 30.3 Å². The molecule has 0 spiro atoms. The maximum absolute atomic E-state index is 12.6. The lowest BCUT2D eigenvalue weighted by molar-refractivity contribution is -0.314. The van der Waals surface area contributed by atoms with Crippen molar-refractivity contribution in [2.75, 3.05) is 0 Å². The number of hydrogen-bond acceptors (Lipinski definition) is 3. The van der Waals surface area contributed by atoms with Gasteiger partial charge in [-0.05, 0) is 17.5 Å². The van der Waals surface area contributed by atoms with E-state index in [1.165, 1.54) is 45.0 Å². The number of ether oxygens (including phenoxy) is 1. The first-order valence-electron chi connectivity index (χ1n) is 7.34. The Kier molecular flexibility index (Phi) is 6.32. The van der Waals surface area contributed by atoms with E-state index >= 15 is 0 Å². The molecule has 1 aromatic carbocycles. The molecule has 4 nitrogen and oxygen atoms in total. The molecule has 0 radical (unpaired) electrons. The summed E-state index contributed by atoms with van der Waals surface area (Å²) in [5.74, 6) is -2.67. The minimum Gasteiger partial charge on any atom is -0.441 e. The summed E-state index contributed by atoms with van der Waals surface area (Å²) in [5.41, 5.74) is -1.12. The average Bonchev–Trinajstić information content (AvgIpc) is 2.47. The van der Waals surface area contributed by atoms with Crippen LogP contribution in [-0.4, -0.2) is 36.4 Å². The molecule has 1 atom stereocenters. The van der Waals surface area contributed by atoms with Crippen LogP contribution in [0, 0.1) is 5.41 Å². The molecular formula is C16H17F6NO3. The largest absolute Gasteiger partial charge is 0.441 e. The number of carbonyl (C=O) groups excluding carboxylic acids is 2. The van der Waals surface area contributed by atoms with E-state index in [0.717, 1.165) is 0 Å². The molecule has 0 aliphatic heterocycles. The zero-order chi connectivity index (χ0) is 20.3. The summed E-state index contributed by atoms with van der Waals surface area (Å²) < 4.78 is 79.2. The summed E-state index contributed by atoms with van der Waals surface area (Å²) in [4.78, 5) is 24.1. The minimum atomic E-state index is -5.83. The molecule has 0 fully saturated rings. The number of carbonyl (C=O) groups is 2. The third-order valence-corrected chi connectivity index (χ3v) is 3.24. The van der Waals surface area contributed by atoms with Gasteiger partial charge in [0, 0.05) is 5.56 Å². The maximum Gasteiger partial charge on any atom is 0.434 e. The fraction of sp³-hybridized carbons (Fsp3) is 0.500. The van der Waals surface area contributed by atoms with Crippen molar-refractivity contribution >= 4 is 11.9 Å². The van der Waals surface area contributed by atoms with Crippen molar-refractivity contribution in [3.05, 3.63) is 35.9 Å². The van der Waals surface area contributed by atoms with Gasteiger partial charge in [0.2, 0.25) is 0 Å². The number of amides is 1. The summed E-state index contributed by atoms with van der Waals surface area (Å²) in [6.45, 7) is 4.08. The smallest absolute Gasteiger partial charge is 0.434 e. The molecule has 1 rings (SSSR count). The van der Waals surface area contributed by atoms with Gasteiger partial charge >= 0.3 is 18.3 Å². The Morgan fingerprint density at radius 1 is 0.923 bits per heavy atom. The normalized spacial score (nSPS) is 14.1. The predicted molar refractivity (Wildman–Crippen MR) is 79.1 cm³/mol. The van der Waals surface area contributed by atoms with Crippen LogP contribution in [0.1, 0.15) is 31.1 Å². The molecule has 0 heterocycles. The number of rotatable bonds is 4. The standard InChI is InChI=1S/C16H17F6NO3/c1-14(2,3)10(23-11(24)9-7-5-4-6-8-9)12(25)26-13(15(17,18)19)16(20,21)22/h4-8,10,13H,1-3H3,(H,23,24). The van der Waals surface area contributed by atoms with E-state index in [-0.39, 0.29) is 5.56 Å².